The van der Waals surface area contributed by atoms with E-state index in [-0.39, 0.29) is 16.2 Å². The van der Waals surface area contributed by atoms with Crippen LogP contribution in [0, 0.1) is 6.92 Å². The van der Waals surface area contributed by atoms with Gasteiger partial charge in [-0.15, -0.1) is 11.3 Å². The van der Waals surface area contributed by atoms with Crippen LogP contribution < -0.4 is 4.90 Å². The van der Waals surface area contributed by atoms with E-state index in [1.165, 1.54) is 0 Å². The molecule has 1 N–H and O–H groups in total. The number of carboxylic acid groups (broad SMARTS) is 1. The van der Waals surface area contributed by atoms with Gasteiger partial charge in [0.25, 0.3) is 0 Å². The first-order chi connectivity index (χ1) is 19.7. The minimum absolute atomic E-state index is 0.0605. The number of alkyl halides is 1. The lowest BCUT2D eigenvalue weighted by molar-refractivity contribution is 0.0161. The molecule has 1 saturated carbocycles. The number of thiazole rings is 1. The molecule has 41 heavy (non-hydrogen) atoms. The van der Waals surface area contributed by atoms with Gasteiger partial charge in [-0.05, 0) is 62.9 Å². The van der Waals surface area contributed by atoms with Crippen molar-refractivity contribution in [3.63, 3.8) is 0 Å². The van der Waals surface area contributed by atoms with E-state index >= 15 is 0 Å². The molecule has 3 atom stereocenters. The molecular formula is C30H28Cl2IN3O4S. The number of rotatable bonds is 8. The highest BCUT2D eigenvalue weighted by Crippen LogP contribution is 2.46. The largest absolute Gasteiger partial charge is 0.478 e. The highest BCUT2D eigenvalue weighted by molar-refractivity contribution is 14.1. The average Bonchev–Trinajstić information content (AvgIpc) is 3.50. The molecule has 0 spiro atoms. The lowest BCUT2D eigenvalue weighted by atomic mass is 10.0. The Labute approximate surface area is 265 Å². The van der Waals surface area contributed by atoms with Gasteiger partial charge in [0, 0.05) is 40.5 Å². The van der Waals surface area contributed by atoms with Gasteiger partial charge in [-0.1, -0.05) is 63.1 Å². The van der Waals surface area contributed by atoms with Gasteiger partial charge in [0.05, 0.1) is 38.1 Å². The van der Waals surface area contributed by atoms with E-state index in [0.717, 1.165) is 59.0 Å². The molecule has 4 aromatic rings. The molecule has 1 aliphatic heterocycles. The molecular weight excluding hydrogens is 696 g/mol. The van der Waals surface area contributed by atoms with Crippen LogP contribution in [0.15, 0.2) is 46.3 Å². The molecule has 3 heterocycles. The number of aromatic carboxylic acids is 1. The van der Waals surface area contributed by atoms with Crippen LogP contribution in [0.4, 0.5) is 5.13 Å². The highest BCUT2D eigenvalue weighted by Gasteiger charge is 2.37. The molecule has 2 aliphatic rings. The van der Waals surface area contributed by atoms with Crippen LogP contribution in [0.2, 0.25) is 10.0 Å². The fraction of sp³-hybridized carbons (Fsp3) is 0.367. The van der Waals surface area contributed by atoms with Crippen LogP contribution >= 0.6 is 57.1 Å². The third kappa shape index (κ3) is 5.88. The van der Waals surface area contributed by atoms with Crippen molar-refractivity contribution < 1.29 is 19.2 Å². The maximum Gasteiger partial charge on any atom is 0.335 e. The summed E-state index contributed by atoms with van der Waals surface area (Å²) in [5.41, 5.74) is 5.10. The number of hydrogen-bond donors (Lipinski definition) is 1. The molecule has 1 aliphatic carbocycles. The van der Waals surface area contributed by atoms with Crippen LogP contribution in [0.3, 0.4) is 0 Å². The zero-order valence-corrected chi connectivity index (χ0v) is 26.9. The van der Waals surface area contributed by atoms with E-state index in [4.69, 9.17) is 37.4 Å². The molecule has 2 aromatic heterocycles. The second-order valence-corrected chi connectivity index (χ2v) is 13.8. The Morgan fingerprint density at radius 2 is 1.98 bits per heavy atom. The maximum absolute atomic E-state index is 11.4. The molecule has 0 radical (unpaired) electrons. The van der Waals surface area contributed by atoms with Crippen LogP contribution in [0.25, 0.3) is 22.5 Å². The first kappa shape index (κ1) is 28.9. The molecule has 11 heteroatoms. The van der Waals surface area contributed by atoms with Crippen molar-refractivity contribution >= 4 is 68.2 Å². The summed E-state index contributed by atoms with van der Waals surface area (Å²) in [6.45, 7) is 4.41. The number of nitrogens with zero attached hydrogens (tertiary/aromatic N) is 3. The van der Waals surface area contributed by atoms with Gasteiger partial charge in [-0.2, -0.15) is 0 Å². The van der Waals surface area contributed by atoms with E-state index < -0.39 is 5.97 Å². The smallest absolute Gasteiger partial charge is 0.335 e. The highest BCUT2D eigenvalue weighted by atomic mass is 127. The van der Waals surface area contributed by atoms with Crippen molar-refractivity contribution in [3.05, 3.63) is 74.3 Å². The van der Waals surface area contributed by atoms with Crippen molar-refractivity contribution in [1.82, 2.24) is 10.1 Å². The summed E-state index contributed by atoms with van der Waals surface area (Å²) in [5.74, 6) is 0.336. The zero-order valence-electron chi connectivity index (χ0n) is 22.4. The van der Waals surface area contributed by atoms with E-state index in [2.05, 4.69) is 39.6 Å². The molecule has 0 unspecified atom stereocenters. The van der Waals surface area contributed by atoms with Gasteiger partial charge < -0.3 is 19.3 Å². The Bertz CT molecular complexity index is 1570. The van der Waals surface area contributed by atoms with E-state index in [1.54, 1.807) is 17.4 Å². The number of anilines is 1. The van der Waals surface area contributed by atoms with Gasteiger partial charge in [-0.25, -0.2) is 9.78 Å². The van der Waals surface area contributed by atoms with E-state index in [9.17, 15) is 9.90 Å². The maximum atomic E-state index is 11.4. The average molecular weight is 724 g/mol. The molecule has 2 fully saturated rings. The summed E-state index contributed by atoms with van der Waals surface area (Å²) in [7, 11) is 0. The van der Waals surface area contributed by atoms with Crippen molar-refractivity contribution in [2.24, 2.45) is 0 Å². The number of hydrogen-bond acceptors (Lipinski definition) is 7. The molecule has 7 nitrogen and oxygen atoms in total. The number of carbonyl (C=O) groups is 1. The molecule has 2 aromatic carbocycles. The summed E-state index contributed by atoms with van der Waals surface area (Å²) in [6, 6.07) is 11.0. The normalized spacial score (nSPS) is 20.9. The molecule has 214 valence electrons. The van der Waals surface area contributed by atoms with Gasteiger partial charge in [0.15, 0.2) is 5.13 Å². The topological polar surface area (TPSA) is 88.7 Å². The summed E-state index contributed by atoms with van der Waals surface area (Å²) >= 11 is 17.1. The van der Waals surface area contributed by atoms with Crippen LogP contribution in [-0.2, 0) is 11.3 Å². The Balaban J connectivity index is 1.16. The summed E-state index contributed by atoms with van der Waals surface area (Å²) in [6.07, 6.45) is 3.93. The van der Waals surface area contributed by atoms with E-state index in [0.29, 0.717) is 39.4 Å². The first-order valence-corrected chi connectivity index (χ1v) is 16.4. The summed E-state index contributed by atoms with van der Waals surface area (Å²) < 4.78 is 12.6. The summed E-state index contributed by atoms with van der Waals surface area (Å²) in [5, 5.41) is 17.8. The number of aryl methyl sites for hydroxylation is 1. The Morgan fingerprint density at radius 1 is 1.22 bits per heavy atom. The summed E-state index contributed by atoms with van der Waals surface area (Å²) in [4.78, 5) is 18.7. The minimum atomic E-state index is -0.920. The van der Waals surface area contributed by atoms with Gasteiger partial charge >= 0.3 is 5.97 Å². The number of carboxylic acids is 1. The Morgan fingerprint density at radius 3 is 2.63 bits per heavy atom. The van der Waals surface area contributed by atoms with Crippen LogP contribution in [-0.4, -0.2) is 37.4 Å². The second kappa shape index (κ2) is 11.8. The fourth-order valence-corrected chi connectivity index (χ4v) is 8.60. The predicted molar refractivity (Wildman–Crippen MR) is 171 cm³/mol. The lowest BCUT2D eigenvalue weighted by Crippen LogP contribution is -2.47. The molecule has 0 bridgehead atoms. The standard InChI is InChI=1S/C30H28Cl2IN3O4S/c1-15-10-18(8-9-20(15)29(37)38)24-14-41-30(34-24)36-16(2)11-19(12-25(36)33)39-13-21-27(35-40-28(21)17-6-7-17)26-22(31)4-3-5-23(26)32/h3-5,8-10,14,16-17,19,25H,6-7,11-13H2,1-2H3,(H,37,38)/t16-,19+,25-/m1/s1. The number of halogens is 3. The van der Waals surface area contributed by atoms with Crippen molar-refractivity contribution in [3.8, 4) is 22.5 Å². The molecule has 1 saturated heterocycles. The molecule has 6 rings (SSSR count). The number of aromatic nitrogens is 2. The Kier molecular flexibility index (Phi) is 8.35. The van der Waals surface area contributed by atoms with E-state index in [1.807, 2.05) is 42.6 Å². The van der Waals surface area contributed by atoms with Gasteiger partial charge in [0.1, 0.15) is 11.5 Å². The fourth-order valence-electron chi connectivity index (χ4n) is 5.47. The predicted octanol–water partition coefficient (Wildman–Crippen LogP) is 8.99. The van der Waals surface area contributed by atoms with Gasteiger partial charge in [-0.3, -0.25) is 0 Å². The quantitative estimate of drug-likeness (QED) is 0.110. The third-order valence-corrected chi connectivity index (χ3v) is 10.3. The zero-order chi connectivity index (χ0) is 28.8. The SMILES string of the molecule is Cc1cc(-c2csc(N3[C@H](C)C[C@H](OCc4c(-c5c(Cl)cccc5Cl)noc4C4CC4)C[C@@H]3I)n2)ccc1C(=O)O. The second-order valence-electron chi connectivity index (χ2n) is 10.7. The molecule has 0 amide bonds. The monoisotopic (exact) mass is 723 g/mol. The number of benzene rings is 2. The third-order valence-electron chi connectivity index (χ3n) is 7.73. The first-order valence-electron chi connectivity index (χ1n) is 13.5. The number of piperidine rings is 1. The van der Waals surface area contributed by atoms with Crippen molar-refractivity contribution in [1.29, 1.82) is 0 Å². The van der Waals surface area contributed by atoms with Crippen LogP contribution in [0.1, 0.15) is 65.8 Å². The minimum Gasteiger partial charge on any atom is -0.478 e. The van der Waals surface area contributed by atoms with Crippen molar-refractivity contribution in [2.45, 2.75) is 68.2 Å². The van der Waals surface area contributed by atoms with Crippen LogP contribution in [0.5, 0.6) is 0 Å². The lowest BCUT2D eigenvalue weighted by Gasteiger charge is -2.41. The van der Waals surface area contributed by atoms with Crippen molar-refractivity contribution in [2.75, 3.05) is 4.90 Å². The number of ether oxygens (including phenoxy) is 1. The van der Waals surface area contributed by atoms with Gasteiger partial charge in [0.2, 0.25) is 0 Å². The Hall–Kier alpha value is -2.18.